The Balaban J connectivity index is 1.48. The Bertz CT molecular complexity index is 844. The van der Waals surface area contributed by atoms with E-state index in [1.165, 1.54) is 0 Å². The van der Waals surface area contributed by atoms with Gasteiger partial charge in [-0.15, -0.1) is 10.2 Å². The molecule has 0 radical (unpaired) electrons. The molecule has 138 valence electrons. The van der Waals surface area contributed by atoms with Crippen LogP contribution < -0.4 is 4.74 Å². The SMILES string of the molecule is Cc1cc(CCCCCOc2c(C)cc(-c3nnc(C)o3)cc2C)on1. The molecule has 0 amide bonds. The Hall–Kier alpha value is -2.63. The molecule has 0 atom stereocenters. The Morgan fingerprint density at radius 2 is 1.69 bits per heavy atom. The minimum Gasteiger partial charge on any atom is -0.493 e. The number of aryl methyl sites for hydroxylation is 5. The first-order valence-electron chi connectivity index (χ1n) is 8.99. The first-order valence-corrected chi connectivity index (χ1v) is 8.99. The van der Waals surface area contributed by atoms with Crippen molar-refractivity contribution in [1.82, 2.24) is 15.4 Å². The number of hydrogen-bond donors (Lipinski definition) is 0. The van der Waals surface area contributed by atoms with Crippen molar-refractivity contribution in [3.05, 3.63) is 46.7 Å². The smallest absolute Gasteiger partial charge is 0.247 e. The van der Waals surface area contributed by atoms with Crippen LogP contribution in [-0.2, 0) is 6.42 Å². The van der Waals surface area contributed by atoms with Crippen LogP contribution in [0.15, 0.2) is 27.1 Å². The molecular weight excluding hydrogens is 330 g/mol. The van der Waals surface area contributed by atoms with E-state index in [0.717, 1.165) is 59.6 Å². The molecular formula is C20H25N3O3. The Kier molecular flexibility index (Phi) is 5.71. The zero-order valence-corrected chi connectivity index (χ0v) is 15.8. The number of benzene rings is 1. The molecule has 1 aromatic carbocycles. The molecule has 3 aromatic rings. The van der Waals surface area contributed by atoms with Gasteiger partial charge in [-0.3, -0.25) is 0 Å². The van der Waals surface area contributed by atoms with Crippen LogP contribution in [0.1, 0.15) is 47.7 Å². The van der Waals surface area contributed by atoms with Crippen molar-refractivity contribution >= 4 is 0 Å². The van der Waals surface area contributed by atoms with Crippen molar-refractivity contribution in [2.24, 2.45) is 0 Å². The van der Waals surface area contributed by atoms with Crippen LogP contribution in [-0.4, -0.2) is 22.0 Å². The predicted molar refractivity (Wildman–Crippen MR) is 98.2 cm³/mol. The second-order valence-corrected chi connectivity index (χ2v) is 6.66. The molecule has 0 aliphatic rings. The summed E-state index contributed by atoms with van der Waals surface area (Å²) in [5.41, 5.74) is 4.02. The van der Waals surface area contributed by atoms with Crippen LogP contribution in [0.4, 0.5) is 0 Å². The van der Waals surface area contributed by atoms with E-state index >= 15 is 0 Å². The molecule has 0 N–H and O–H groups in total. The van der Waals surface area contributed by atoms with Crippen molar-refractivity contribution < 1.29 is 13.7 Å². The van der Waals surface area contributed by atoms with Crippen molar-refractivity contribution in [3.8, 4) is 17.2 Å². The van der Waals surface area contributed by atoms with Gasteiger partial charge in [0, 0.05) is 25.0 Å². The largest absolute Gasteiger partial charge is 0.493 e. The molecule has 0 saturated carbocycles. The highest BCUT2D eigenvalue weighted by Crippen LogP contribution is 2.29. The lowest BCUT2D eigenvalue weighted by molar-refractivity contribution is 0.299. The first-order chi connectivity index (χ1) is 12.5. The van der Waals surface area contributed by atoms with Gasteiger partial charge in [0.15, 0.2) is 0 Å². The third-order valence-electron chi connectivity index (χ3n) is 4.22. The van der Waals surface area contributed by atoms with E-state index in [4.69, 9.17) is 13.7 Å². The van der Waals surface area contributed by atoms with Gasteiger partial charge in [-0.25, -0.2) is 0 Å². The minimum absolute atomic E-state index is 0.544. The number of hydrogen-bond acceptors (Lipinski definition) is 6. The van der Waals surface area contributed by atoms with Gasteiger partial charge in [-0.2, -0.15) is 0 Å². The standard InChI is InChI=1S/C20H25N3O3/c1-13-10-17(20-22-21-16(4)25-20)11-14(2)19(13)24-9-7-5-6-8-18-12-15(3)23-26-18/h10-12H,5-9H2,1-4H3. The molecule has 6 nitrogen and oxygen atoms in total. The van der Waals surface area contributed by atoms with Crippen LogP contribution in [0, 0.1) is 27.7 Å². The fourth-order valence-electron chi connectivity index (χ4n) is 3.00. The molecule has 0 saturated heterocycles. The lowest BCUT2D eigenvalue weighted by Crippen LogP contribution is -2.01. The van der Waals surface area contributed by atoms with Crippen LogP contribution in [0.5, 0.6) is 5.75 Å². The monoisotopic (exact) mass is 355 g/mol. The molecule has 0 spiro atoms. The van der Waals surface area contributed by atoms with E-state index in [0.29, 0.717) is 18.4 Å². The quantitative estimate of drug-likeness (QED) is 0.543. The molecule has 0 bridgehead atoms. The lowest BCUT2D eigenvalue weighted by atomic mass is 10.1. The predicted octanol–water partition coefficient (Wildman–Crippen LogP) is 4.75. The summed E-state index contributed by atoms with van der Waals surface area (Å²) in [5.74, 6) is 3.01. The molecule has 3 rings (SSSR count). The maximum absolute atomic E-state index is 6.02. The fourth-order valence-corrected chi connectivity index (χ4v) is 3.00. The molecule has 6 heteroatoms. The summed E-state index contributed by atoms with van der Waals surface area (Å²) >= 11 is 0. The van der Waals surface area contributed by atoms with Crippen LogP contribution in [0.3, 0.4) is 0 Å². The summed E-state index contributed by atoms with van der Waals surface area (Å²) in [6.07, 6.45) is 4.11. The highest BCUT2D eigenvalue weighted by Gasteiger charge is 2.12. The molecule has 2 aromatic heterocycles. The summed E-state index contributed by atoms with van der Waals surface area (Å²) < 4.78 is 16.7. The number of nitrogens with zero attached hydrogens (tertiary/aromatic N) is 3. The Morgan fingerprint density at radius 3 is 2.31 bits per heavy atom. The van der Waals surface area contributed by atoms with E-state index in [-0.39, 0.29) is 0 Å². The van der Waals surface area contributed by atoms with Gasteiger partial charge in [0.05, 0.1) is 12.3 Å². The molecule has 0 aliphatic heterocycles. The van der Waals surface area contributed by atoms with E-state index in [9.17, 15) is 0 Å². The minimum atomic E-state index is 0.544. The lowest BCUT2D eigenvalue weighted by Gasteiger charge is -2.13. The number of ether oxygens (including phenoxy) is 1. The maximum atomic E-state index is 6.02. The normalized spacial score (nSPS) is 11.1. The van der Waals surface area contributed by atoms with Gasteiger partial charge in [0.25, 0.3) is 0 Å². The summed E-state index contributed by atoms with van der Waals surface area (Å²) in [6, 6.07) is 6.05. The zero-order valence-electron chi connectivity index (χ0n) is 15.8. The van der Waals surface area contributed by atoms with E-state index in [2.05, 4.69) is 15.4 Å². The third-order valence-corrected chi connectivity index (χ3v) is 4.22. The van der Waals surface area contributed by atoms with Crippen molar-refractivity contribution in [3.63, 3.8) is 0 Å². The zero-order chi connectivity index (χ0) is 18.5. The fraction of sp³-hybridized carbons (Fsp3) is 0.450. The average Bonchev–Trinajstić information content (AvgIpc) is 3.21. The summed E-state index contributed by atoms with van der Waals surface area (Å²) in [5, 5.41) is 11.9. The molecule has 0 aliphatic carbocycles. The highest BCUT2D eigenvalue weighted by molar-refractivity contribution is 5.59. The number of unbranched alkanes of at least 4 members (excludes halogenated alkanes) is 2. The number of rotatable bonds is 8. The topological polar surface area (TPSA) is 74.2 Å². The number of aromatic nitrogens is 3. The average molecular weight is 355 g/mol. The molecule has 26 heavy (non-hydrogen) atoms. The van der Waals surface area contributed by atoms with Crippen LogP contribution in [0.2, 0.25) is 0 Å². The Morgan fingerprint density at radius 1 is 0.923 bits per heavy atom. The van der Waals surface area contributed by atoms with E-state index < -0.39 is 0 Å². The van der Waals surface area contributed by atoms with Gasteiger partial charge < -0.3 is 13.7 Å². The first kappa shape index (κ1) is 18.2. The molecule has 2 heterocycles. The van der Waals surface area contributed by atoms with E-state index in [1.807, 2.05) is 39.0 Å². The van der Waals surface area contributed by atoms with Crippen molar-refractivity contribution in [2.45, 2.75) is 53.4 Å². The van der Waals surface area contributed by atoms with Crippen molar-refractivity contribution in [2.75, 3.05) is 6.61 Å². The van der Waals surface area contributed by atoms with Gasteiger partial charge in [0.2, 0.25) is 11.8 Å². The van der Waals surface area contributed by atoms with Gasteiger partial charge in [-0.05, 0) is 63.3 Å². The van der Waals surface area contributed by atoms with Crippen molar-refractivity contribution in [1.29, 1.82) is 0 Å². The molecule has 0 fully saturated rings. The highest BCUT2D eigenvalue weighted by atomic mass is 16.5. The van der Waals surface area contributed by atoms with Gasteiger partial charge in [-0.1, -0.05) is 5.16 Å². The summed E-state index contributed by atoms with van der Waals surface area (Å²) in [7, 11) is 0. The summed E-state index contributed by atoms with van der Waals surface area (Å²) in [6.45, 7) is 8.52. The second-order valence-electron chi connectivity index (χ2n) is 6.66. The van der Waals surface area contributed by atoms with E-state index in [1.54, 1.807) is 6.92 Å². The van der Waals surface area contributed by atoms with Crippen LogP contribution in [0.25, 0.3) is 11.5 Å². The summed E-state index contributed by atoms with van der Waals surface area (Å²) in [4.78, 5) is 0. The van der Waals surface area contributed by atoms with Crippen LogP contribution >= 0.6 is 0 Å². The molecule has 0 unspecified atom stereocenters. The Labute approximate surface area is 153 Å². The van der Waals surface area contributed by atoms with Gasteiger partial charge in [0.1, 0.15) is 11.5 Å². The second kappa shape index (κ2) is 8.17. The van der Waals surface area contributed by atoms with Gasteiger partial charge >= 0.3 is 0 Å². The maximum Gasteiger partial charge on any atom is 0.247 e. The third kappa shape index (κ3) is 4.50.